The van der Waals surface area contributed by atoms with E-state index in [1.807, 2.05) is 6.07 Å². The molecule has 2 aromatic rings. The van der Waals surface area contributed by atoms with Crippen LogP contribution in [0.1, 0.15) is 46.1 Å². The van der Waals surface area contributed by atoms with E-state index in [0.29, 0.717) is 0 Å². The van der Waals surface area contributed by atoms with Crippen LogP contribution < -0.4 is 0 Å². The van der Waals surface area contributed by atoms with Crippen LogP contribution in [0.4, 0.5) is 0 Å². The van der Waals surface area contributed by atoms with Crippen molar-refractivity contribution in [1.82, 2.24) is 15.4 Å². The average Bonchev–Trinajstić information content (AvgIpc) is 2.73. The third kappa shape index (κ3) is 2.65. The number of hydrogen-bond acceptors (Lipinski definition) is 2. The van der Waals surface area contributed by atoms with Crippen molar-refractivity contribution in [3.63, 3.8) is 0 Å². The van der Waals surface area contributed by atoms with Crippen LogP contribution in [0.25, 0.3) is 11.0 Å². The Bertz CT molecular complexity index is 497. The number of aromatic amines is 1. The molecule has 0 unspecified atom stereocenters. The van der Waals surface area contributed by atoms with E-state index in [4.69, 9.17) is 0 Å². The van der Waals surface area contributed by atoms with Crippen LogP contribution in [0.2, 0.25) is 0 Å². The Morgan fingerprint density at radius 3 is 2.59 bits per heavy atom. The average molecular weight is 231 g/mol. The van der Waals surface area contributed by atoms with Gasteiger partial charge in [0.25, 0.3) is 0 Å². The molecule has 2 rings (SSSR count). The molecule has 1 aromatic heterocycles. The molecule has 0 amide bonds. The summed E-state index contributed by atoms with van der Waals surface area (Å²) in [6.45, 7) is 9.15. The maximum Gasteiger partial charge on any atom is 0.113 e. The van der Waals surface area contributed by atoms with Crippen LogP contribution in [0.3, 0.4) is 0 Å². The zero-order chi connectivity index (χ0) is 12.5. The lowest BCUT2D eigenvalue weighted by Gasteiger charge is -2.26. The van der Waals surface area contributed by atoms with E-state index in [0.717, 1.165) is 17.0 Å². The van der Waals surface area contributed by atoms with Gasteiger partial charge in [0.1, 0.15) is 11.0 Å². The lowest BCUT2D eigenvalue weighted by atomic mass is 9.79. The molecule has 1 heterocycles. The van der Waals surface area contributed by atoms with E-state index in [1.54, 1.807) is 0 Å². The standard InChI is InChI=1S/C14H21N3/c1-10(2)7-8-14(3,4)11-5-6-12-13(9-11)16-17-15-12/h5-6,9-10H,7-8H2,1-4H3,(H,15,16,17). The van der Waals surface area contributed by atoms with Crippen LogP contribution >= 0.6 is 0 Å². The molecule has 1 N–H and O–H groups in total. The number of aromatic nitrogens is 3. The molecule has 0 aliphatic carbocycles. The number of H-pyrrole nitrogens is 1. The maximum absolute atomic E-state index is 4.15. The minimum Gasteiger partial charge on any atom is -0.197 e. The molecule has 0 radical (unpaired) electrons. The summed E-state index contributed by atoms with van der Waals surface area (Å²) in [7, 11) is 0. The Balaban J connectivity index is 2.24. The van der Waals surface area contributed by atoms with E-state index >= 15 is 0 Å². The molecule has 0 aliphatic heterocycles. The number of hydrogen-bond donors (Lipinski definition) is 1. The lowest BCUT2D eigenvalue weighted by Crippen LogP contribution is -2.17. The van der Waals surface area contributed by atoms with Gasteiger partial charge in [0, 0.05) is 0 Å². The zero-order valence-electron chi connectivity index (χ0n) is 11.1. The number of benzene rings is 1. The van der Waals surface area contributed by atoms with Crippen molar-refractivity contribution in [3.8, 4) is 0 Å². The second-order valence-electron chi connectivity index (χ2n) is 5.84. The van der Waals surface area contributed by atoms with Crippen molar-refractivity contribution in [1.29, 1.82) is 0 Å². The molecule has 3 heteroatoms. The van der Waals surface area contributed by atoms with Gasteiger partial charge in [-0.25, -0.2) is 0 Å². The molecule has 0 fully saturated rings. The van der Waals surface area contributed by atoms with Crippen LogP contribution in [0.5, 0.6) is 0 Å². The van der Waals surface area contributed by atoms with Gasteiger partial charge in [-0.15, -0.1) is 0 Å². The van der Waals surface area contributed by atoms with E-state index in [-0.39, 0.29) is 5.41 Å². The molecule has 0 saturated heterocycles. The van der Waals surface area contributed by atoms with Crippen molar-refractivity contribution in [3.05, 3.63) is 23.8 Å². The van der Waals surface area contributed by atoms with E-state index in [9.17, 15) is 0 Å². The Labute approximate surface area is 103 Å². The van der Waals surface area contributed by atoms with Crippen LogP contribution in [0.15, 0.2) is 18.2 Å². The predicted molar refractivity (Wildman–Crippen MR) is 71.0 cm³/mol. The highest BCUT2D eigenvalue weighted by Gasteiger charge is 2.21. The van der Waals surface area contributed by atoms with Gasteiger partial charge in [-0.2, -0.15) is 15.4 Å². The van der Waals surface area contributed by atoms with Crippen molar-refractivity contribution < 1.29 is 0 Å². The molecule has 0 saturated carbocycles. The number of rotatable bonds is 4. The molecule has 0 spiro atoms. The highest BCUT2D eigenvalue weighted by molar-refractivity contribution is 5.74. The van der Waals surface area contributed by atoms with E-state index in [2.05, 4.69) is 55.2 Å². The minimum absolute atomic E-state index is 0.206. The molecule has 1 aromatic carbocycles. The lowest BCUT2D eigenvalue weighted by molar-refractivity contribution is 0.415. The fourth-order valence-corrected chi connectivity index (χ4v) is 2.06. The highest BCUT2D eigenvalue weighted by atomic mass is 15.3. The molecule has 0 bridgehead atoms. The predicted octanol–water partition coefficient (Wildman–Crippen LogP) is 3.67. The third-order valence-electron chi connectivity index (χ3n) is 3.44. The van der Waals surface area contributed by atoms with E-state index in [1.165, 1.54) is 18.4 Å². The molecular formula is C14H21N3. The maximum atomic E-state index is 4.15. The number of nitrogens with zero attached hydrogens (tertiary/aromatic N) is 2. The monoisotopic (exact) mass is 231 g/mol. The summed E-state index contributed by atoms with van der Waals surface area (Å²) in [5, 5.41) is 10.9. The van der Waals surface area contributed by atoms with Crippen molar-refractivity contribution in [2.45, 2.75) is 46.0 Å². The summed E-state index contributed by atoms with van der Waals surface area (Å²) in [5.41, 5.74) is 3.45. The third-order valence-corrected chi connectivity index (χ3v) is 3.44. The van der Waals surface area contributed by atoms with Gasteiger partial charge in [0.15, 0.2) is 0 Å². The first kappa shape index (κ1) is 12.1. The van der Waals surface area contributed by atoms with Crippen LogP contribution in [-0.4, -0.2) is 15.4 Å². The highest BCUT2D eigenvalue weighted by Crippen LogP contribution is 2.31. The molecule has 3 nitrogen and oxygen atoms in total. The summed E-state index contributed by atoms with van der Waals surface area (Å²) in [5.74, 6) is 0.755. The van der Waals surface area contributed by atoms with Gasteiger partial charge >= 0.3 is 0 Å². The Hall–Kier alpha value is -1.38. The first-order valence-corrected chi connectivity index (χ1v) is 6.30. The van der Waals surface area contributed by atoms with Crippen molar-refractivity contribution >= 4 is 11.0 Å². The van der Waals surface area contributed by atoms with Crippen LogP contribution in [-0.2, 0) is 5.41 Å². The van der Waals surface area contributed by atoms with Gasteiger partial charge in [-0.05, 0) is 35.4 Å². The second kappa shape index (κ2) is 4.47. The van der Waals surface area contributed by atoms with Gasteiger partial charge < -0.3 is 0 Å². The first-order valence-electron chi connectivity index (χ1n) is 6.30. The van der Waals surface area contributed by atoms with Gasteiger partial charge in [-0.3, -0.25) is 0 Å². The second-order valence-corrected chi connectivity index (χ2v) is 5.84. The van der Waals surface area contributed by atoms with Gasteiger partial charge in [-0.1, -0.05) is 40.2 Å². The fraction of sp³-hybridized carbons (Fsp3) is 0.571. The Morgan fingerprint density at radius 2 is 1.88 bits per heavy atom. The van der Waals surface area contributed by atoms with Gasteiger partial charge in [0.2, 0.25) is 0 Å². The largest absolute Gasteiger partial charge is 0.197 e. The normalized spacial score (nSPS) is 12.5. The quantitative estimate of drug-likeness (QED) is 0.872. The van der Waals surface area contributed by atoms with Gasteiger partial charge in [0.05, 0.1) is 0 Å². The summed E-state index contributed by atoms with van der Waals surface area (Å²) >= 11 is 0. The fourth-order valence-electron chi connectivity index (χ4n) is 2.06. The molecule has 92 valence electrons. The summed E-state index contributed by atoms with van der Waals surface area (Å²) in [6.07, 6.45) is 2.46. The Morgan fingerprint density at radius 1 is 1.18 bits per heavy atom. The number of fused-ring (bicyclic) bond motifs is 1. The summed E-state index contributed by atoms with van der Waals surface area (Å²) < 4.78 is 0. The first-order chi connectivity index (χ1) is 7.99. The molecule has 0 aliphatic rings. The summed E-state index contributed by atoms with van der Waals surface area (Å²) in [4.78, 5) is 0. The zero-order valence-corrected chi connectivity index (χ0v) is 11.1. The van der Waals surface area contributed by atoms with Crippen molar-refractivity contribution in [2.75, 3.05) is 0 Å². The minimum atomic E-state index is 0.206. The van der Waals surface area contributed by atoms with Crippen molar-refractivity contribution in [2.24, 2.45) is 5.92 Å². The van der Waals surface area contributed by atoms with Crippen LogP contribution in [0, 0.1) is 5.92 Å². The Kier molecular flexibility index (Phi) is 3.18. The summed E-state index contributed by atoms with van der Waals surface area (Å²) in [6, 6.07) is 6.37. The molecular weight excluding hydrogens is 210 g/mol. The topological polar surface area (TPSA) is 41.6 Å². The smallest absolute Gasteiger partial charge is 0.113 e. The molecule has 17 heavy (non-hydrogen) atoms. The number of nitrogens with one attached hydrogen (secondary N) is 1. The SMILES string of the molecule is CC(C)CCC(C)(C)c1ccc2n[nH]nc2c1. The van der Waals surface area contributed by atoms with E-state index < -0.39 is 0 Å². The molecule has 0 atom stereocenters.